The lowest BCUT2D eigenvalue weighted by Crippen LogP contribution is -2.13. The Morgan fingerprint density at radius 3 is 2.79 bits per heavy atom. The van der Waals surface area contributed by atoms with Crippen LogP contribution in [0.3, 0.4) is 0 Å². The Hall–Kier alpha value is -1.77. The molecule has 14 heavy (non-hydrogen) atoms. The summed E-state index contributed by atoms with van der Waals surface area (Å²) in [5, 5.41) is 1.09. The second-order valence-electron chi connectivity index (χ2n) is 3.24. The van der Waals surface area contributed by atoms with E-state index in [0.717, 1.165) is 22.9 Å². The molecule has 0 saturated heterocycles. The van der Waals surface area contributed by atoms with Crippen molar-refractivity contribution in [2.45, 2.75) is 13.3 Å². The zero-order valence-corrected chi connectivity index (χ0v) is 8.00. The van der Waals surface area contributed by atoms with Gasteiger partial charge in [-0.05, 0) is 18.1 Å². The number of carbonyl (C=O) groups excluding carboxylic acids is 1. The zero-order chi connectivity index (χ0) is 10.1. The third-order valence-corrected chi connectivity index (χ3v) is 2.41. The predicted octanol–water partition coefficient (Wildman–Crippen LogP) is 1.83. The number of hydrogen-bond donors (Lipinski definition) is 2. The zero-order valence-electron chi connectivity index (χ0n) is 8.00. The number of hydrogen-bond acceptors (Lipinski definition) is 1. The van der Waals surface area contributed by atoms with E-state index in [2.05, 4.69) is 4.98 Å². The second-order valence-corrected chi connectivity index (χ2v) is 3.24. The molecule has 72 valence electrons. The number of nitrogens with two attached hydrogens (primary N) is 1. The first kappa shape index (κ1) is 8.81. The van der Waals surface area contributed by atoms with Gasteiger partial charge in [-0.25, -0.2) is 0 Å². The molecule has 1 aromatic heterocycles. The average molecular weight is 188 g/mol. The monoisotopic (exact) mass is 188 g/mol. The molecule has 3 heteroatoms. The lowest BCUT2D eigenvalue weighted by molar-refractivity contribution is 0.0995. The van der Waals surface area contributed by atoms with Gasteiger partial charge < -0.3 is 10.7 Å². The summed E-state index contributed by atoms with van der Waals surface area (Å²) in [6.45, 7) is 2.02. The van der Waals surface area contributed by atoms with Gasteiger partial charge >= 0.3 is 0 Å². The normalized spacial score (nSPS) is 10.6. The first-order chi connectivity index (χ1) is 6.74. The number of para-hydroxylation sites is 1. The van der Waals surface area contributed by atoms with Gasteiger partial charge in [0.05, 0.1) is 0 Å². The molecule has 0 radical (unpaired) electrons. The van der Waals surface area contributed by atoms with Crippen LogP contribution in [0.2, 0.25) is 0 Å². The predicted molar refractivity (Wildman–Crippen MR) is 56.2 cm³/mol. The highest BCUT2D eigenvalue weighted by atomic mass is 16.1. The number of aryl methyl sites for hydroxylation is 1. The highest BCUT2D eigenvalue weighted by molar-refractivity contribution is 6.00. The van der Waals surface area contributed by atoms with Crippen molar-refractivity contribution in [1.29, 1.82) is 0 Å². The van der Waals surface area contributed by atoms with E-state index >= 15 is 0 Å². The molecule has 0 fully saturated rings. The van der Waals surface area contributed by atoms with E-state index in [1.54, 1.807) is 0 Å². The Kier molecular flexibility index (Phi) is 2.00. The van der Waals surface area contributed by atoms with Gasteiger partial charge in [-0.2, -0.15) is 0 Å². The minimum absolute atomic E-state index is 0.391. The van der Waals surface area contributed by atoms with E-state index in [-0.39, 0.29) is 0 Å². The molecule has 2 rings (SSSR count). The van der Waals surface area contributed by atoms with Crippen LogP contribution in [0.5, 0.6) is 0 Å². The molecule has 3 N–H and O–H groups in total. The van der Waals surface area contributed by atoms with Crippen LogP contribution < -0.4 is 5.73 Å². The smallest absolute Gasteiger partial charge is 0.265 e. The standard InChI is InChI=1S/C11H12N2O/c1-2-7-8-5-3-4-6-9(8)13-10(7)11(12)14/h3-6,13H,2H2,1H3,(H2,12,14). The van der Waals surface area contributed by atoms with Gasteiger partial charge in [0.25, 0.3) is 5.91 Å². The molecule has 1 aromatic carbocycles. The minimum Gasteiger partial charge on any atom is -0.364 e. The number of aromatic amines is 1. The SMILES string of the molecule is CCc1c(C(N)=O)[nH]c2ccccc12. The van der Waals surface area contributed by atoms with Crippen molar-refractivity contribution in [3.05, 3.63) is 35.5 Å². The number of aromatic nitrogens is 1. The van der Waals surface area contributed by atoms with Gasteiger partial charge in [-0.3, -0.25) is 4.79 Å². The third-order valence-electron chi connectivity index (χ3n) is 2.41. The third kappa shape index (κ3) is 1.18. The van der Waals surface area contributed by atoms with Crippen molar-refractivity contribution < 1.29 is 4.79 Å². The number of nitrogens with one attached hydrogen (secondary N) is 1. The maximum atomic E-state index is 11.1. The summed E-state index contributed by atoms with van der Waals surface area (Å²) < 4.78 is 0. The van der Waals surface area contributed by atoms with Gasteiger partial charge in [0.15, 0.2) is 0 Å². The van der Waals surface area contributed by atoms with Crippen LogP contribution in [0.15, 0.2) is 24.3 Å². The summed E-state index contributed by atoms with van der Waals surface area (Å²) >= 11 is 0. The van der Waals surface area contributed by atoms with Crippen molar-refractivity contribution in [3.63, 3.8) is 0 Å². The first-order valence-electron chi connectivity index (χ1n) is 4.63. The topological polar surface area (TPSA) is 58.9 Å². The molecule has 0 aliphatic heterocycles. The molecule has 0 saturated carbocycles. The van der Waals surface area contributed by atoms with Crippen molar-refractivity contribution in [2.75, 3.05) is 0 Å². The average Bonchev–Trinajstić information content (AvgIpc) is 2.56. The molecule has 0 unspecified atom stereocenters. The first-order valence-corrected chi connectivity index (χ1v) is 4.63. The summed E-state index contributed by atoms with van der Waals surface area (Å²) in [5.41, 5.74) is 7.80. The Bertz CT molecular complexity index is 485. The summed E-state index contributed by atoms with van der Waals surface area (Å²) in [6, 6.07) is 7.83. The highest BCUT2D eigenvalue weighted by Gasteiger charge is 2.12. The molecule has 2 aromatic rings. The van der Waals surface area contributed by atoms with Gasteiger partial charge in [0.1, 0.15) is 5.69 Å². The fourth-order valence-corrected chi connectivity index (χ4v) is 1.78. The Morgan fingerprint density at radius 2 is 2.14 bits per heavy atom. The fraction of sp³-hybridized carbons (Fsp3) is 0.182. The fourth-order valence-electron chi connectivity index (χ4n) is 1.78. The Labute approximate surface area is 81.9 Å². The Morgan fingerprint density at radius 1 is 1.43 bits per heavy atom. The van der Waals surface area contributed by atoms with Gasteiger partial charge in [-0.1, -0.05) is 25.1 Å². The minimum atomic E-state index is -0.391. The molecular formula is C11H12N2O. The van der Waals surface area contributed by atoms with Crippen LogP contribution in [0.1, 0.15) is 23.0 Å². The molecular weight excluding hydrogens is 176 g/mol. The van der Waals surface area contributed by atoms with Crippen molar-refractivity contribution in [3.8, 4) is 0 Å². The van der Waals surface area contributed by atoms with Crippen molar-refractivity contribution in [2.24, 2.45) is 5.73 Å². The number of rotatable bonds is 2. The van der Waals surface area contributed by atoms with Crippen LogP contribution in [0.4, 0.5) is 0 Å². The van der Waals surface area contributed by atoms with Crippen LogP contribution in [-0.2, 0) is 6.42 Å². The maximum Gasteiger partial charge on any atom is 0.265 e. The summed E-state index contributed by atoms with van der Waals surface area (Å²) in [7, 11) is 0. The van der Waals surface area contributed by atoms with Gasteiger partial charge in [0, 0.05) is 10.9 Å². The van der Waals surface area contributed by atoms with Crippen molar-refractivity contribution >= 4 is 16.8 Å². The molecule has 0 aliphatic carbocycles. The molecule has 1 heterocycles. The number of fused-ring (bicyclic) bond motifs is 1. The lowest BCUT2D eigenvalue weighted by Gasteiger charge is -1.95. The number of benzene rings is 1. The molecule has 0 bridgehead atoms. The van der Waals surface area contributed by atoms with E-state index in [9.17, 15) is 4.79 Å². The largest absolute Gasteiger partial charge is 0.364 e. The van der Waals surface area contributed by atoms with Gasteiger partial charge in [-0.15, -0.1) is 0 Å². The number of carbonyl (C=O) groups is 1. The quantitative estimate of drug-likeness (QED) is 0.742. The molecule has 0 spiro atoms. The lowest BCUT2D eigenvalue weighted by atomic mass is 10.1. The van der Waals surface area contributed by atoms with Crippen LogP contribution in [0, 0.1) is 0 Å². The molecule has 0 atom stereocenters. The number of primary amides is 1. The molecule has 0 aliphatic rings. The van der Waals surface area contributed by atoms with E-state index in [1.165, 1.54) is 0 Å². The highest BCUT2D eigenvalue weighted by Crippen LogP contribution is 2.22. The number of amides is 1. The molecule has 1 amide bonds. The van der Waals surface area contributed by atoms with Crippen LogP contribution in [-0.4, -0.2) is 10.9 Å². The number of H-pyrrole nitrogens is 1. The molecule has 3 nitrogen and oxygen atoms in total. The van der Waals surface area contributed by atoms with E-state index in [1.807, 2.05) is 31.2 Å². The van der Waals surface area contributed by atoms with Crippen LogP contribution in [0.25, 0.3) is 10.9 Å². The maximum absolute atomic E-state index is 11.1. The van der Waals surface area contributed by atoms with E-state index < -0.39 is 5.91 Å². The summed E-state index contributed by atoms with van der Waals surface area (Å²) in [6.07, 6.45) is 0.808. The van der Waals surface area contributed by atoms with Crippen LogP contribution >= 0.6 is 0 Å². The van der Waals surface area contributed by atoms with E-state index in [0.29, 0.717) is 5.69 Å². The summed E-state index contributed by atoms with van der Waals surface area (Å²) in [5.74, 6) is -0.391. The van der Waals surface area contributed by atoms with Crippen molar-refractivity contribution in [1.82, 2.24) is 4.98 Å². The second kappa shape index (κ2) is 3.18. The Balaban J connectivity index is 2.78. The van der Waals surface area contributed by atoms with Gasteiger partial charge in [0.2, 0.25) is 0 Å². The summed E-state index contributed by atoms with van der Waals surface area (Å²) in [4.78, 5) is 14.2. The van der Waals surface area contributed by atoms with E-state index in [4.69, 9.17) is 5.73 Å².